The van der Waals surface area contributed by atoms with Gasteiger partial charge in [0.15, 0.2) is 0 Å². The second-order valence-corrected chi connectivity index (χ2v) is 3.78. The molecule has 1 fully saturated rings. The summed E-state index contributed by atoms with van der Waals surface area (Å²) >= 11 is 0. The number of amides is 1. The van der Waals surface area contributed by atoms with E-state index in [4.69, 9.17) is 0 Å². The fourth-order valence-corrected chi connectivity index (χ4v) is 1.90. The molecule has 16 heavy (non-hydrogen) atoms. The van der Waals surface area contributed by atoms with E-state index >= 15 is 0 Å². The zero-order valence-corrected chi connectivity index (χ0v) is 9.10. The summed E-state index contributed by atoms with van der Waals surface area (Å²) < 4.78 is 0. The number of carbonyl (C=O) groups is 1. The van der Waals surface area contributed by atoms with Crippen LogP contribution in [-0.4, -0.2) is 35.4 Å². The van der Waals surface area contributed by atoms with E-state index in [1.165, 1.54) is 6.08 Å². The van der Waals surface area contributed by atoms with Gasteiger partial charge in [0.1, 0.15) is 0 Å². The number of piperazine rings is 1. The lowest BCUT2D eigenvalue weighted by atomic mass is 10.1. The second-order valence-electron chi connectivity index (χ2n) is 3.78. The Morgan fingerprint density at radius 2 is 2.31 bits per heavy atom. The highest BCUT2D eigenvalue weighted by Gasteiger charge is 2.22. The molecule has 84 valence electrons. The van der Waals surface area contributed by atoms with E-state index in [1.54, 1.807) is 12.4 Å². The lowest BCUT2D eigenvalue weighted by Gasteiger charge is -2.33. The highest BCUT2D eigenvalue weighted by Crippen LogP contribution is 2.16. The van der Waals surface area contributed by atoms with E-state index in [0.29, 0.717) is 6.54 Å². The van der Waals surface area contributed by atoms with Gasteiger partial charge in [-0.3, -0.25) is 9.78 Å². The molecule has 1 aliphatic heterocycles. The van der Waals surface area contributed by atoms with Gasteiger partial charge < -0.3 is 10.2 Å². The van der Waals surface area contributed by atoms with Gasteiger partial charge in [0.2, 0.25) is 5.91 Å². The Morgan fingerprint density at radius 3 is 3.00 bits per heavy atom. The highest BCUT2D eigenvalue weighted by atomic mass is 16.2. The number of pyridine rings is 1. The first kappa shape index (κ1) is 10.8. The first-order valence-electron chi connectivity index (χ1n) is 5.36. The molecule has 1 aliphatic rings. The molecule has 0 radical (unpaired) electrons. The number of carbonyl (C=O) groups excluding carboxylic acids is 1. The van der Waals surface area contributed by atoms with Crippen molar-refractivity contribution in [2.24, 2.45) is 0 Å². The fourth-order valence-electron chi connectivity index (χ4n) is 1.90. The molecule has 1 unspecified atom stereocenters. The first-order valence-corrected chi connectivity index (χ1v) is 5.36. The van der Waals surface area contributed by atoms with E-state index in [-0.39, 0.29) is 11.9 Å². The van der Waals surface area contributed by atoms with Crippen LogP contribution in [0.1, 0.15) is 11.6 Å². The lowest BCUT2D eigenvalue weighted by molar-refractivity contribution is -0.127. The molecular formula is C12H15N3O. The largest absolute Gasteiger partial charge is 0.336 e. The fraction of sp³-hybridized carbons (Fsp3) is 0.333. The molecule has 0 bridgehead atoms. The Hall–Kier alpha value is -1.68. The van der Waals surface area contributed by atoms with E-state index < -0.39 is 0 Å². The summed E-state index contributed by atoms with van der Waals surface area (Å²) in [5.41, 5.74) is 1.16. The normalized spacial score (nSPS) is 20.5. The summed E-state index contributed by atoms with van der Waals surface area (Å²) in [6.07, 6.45) is 4.91. The average Bonchev–Trinajstić information content (AvgIpc) is 2.39. The molecule has 1 aromatic rings. The Labute approximate surface area is 95.0 Å². The third-order valence-corrected chi connectivity index (χ3v) is 2.77. The van der Waals surface area contributed by atoms with Gasteiger partial charge in [-0.15, -0.1) is 0 Å². The van der Waals surface area contributed by atoms with Crippen LogP contribution in [0.15, 0.2) is 37.2 Å². The Bertz CT molecular complexity index is 377. The van der Waals surface area contributed by atoms with Crippen molar-refractivity contribution in [2.75, 3.05) is 19.6 Å². The SMILES string of the molecule is C=CC(=O)N1CCNC(c2ccncc2)C1. The van der Waals surface area contributed by atoms with Crippen LogP contribution in [-0.2, 0) is 4.79 Å². The quantitative estimate of drug-likeness (QED) is 0.743. The van der Waals surface area contributed by atoms with Crippen LogP contribution >= 0.6 is 0 Å². The zero-order valence-electron chi connectivity index (χ0n) is 9.10. The molecule has 0 saturated carbocycles. The summed E-state index contributed by atoms with van der Waals surface area (Å²) in [5, 5.41) is 3.39. The molecule has 4 heteroatoms. The van der Waals surface area contributed by atoms with E-state index in [0.717, 1.165) is 18.7 Å². The van der Waals surface area contributed by atoms with Crippen LogP contribution in [0.2, 0.25) is 0 Å². The summed E-state index contributed by atoms with van der Waals surface area (Å²) in [6, 6.07) is 4.14. The van der Waals surface area contributed by atoms with Crippen molar-refractivity contribution in [1.82, 2.24) is 15.2 Å². The zero-order chi connectivity index (χ0) is 11.4. The number of aromatic nitrogens is 1. The van der Waals surface area contributed by atoms with E-state index in [9.17, 15) is 4.79 Å². The van der Waals surface area contributed by atoms with E-state index in [2.05, 4.69) is 16.9 Å². The smallest absolute Gasteiger partial charge is 0.246 e. The molecule has 1 atom stereocenters. The Kier molecular flexibility index (Phi) is 3.31. The van der Waals surface area contributed by atoms with Gasteiger partial charge in [-0.05, 0) is 23.8 Å². The summed E-state index contributed by atoms with van der Waals surface area (Å²) in [7, 11) is 0. The maximum absolute atomic E-state index is 11.5. The number of nitrogens with zero attached hydrogens (tertiary/aromatic N) is 2. The minimum Gasteiger partial charge on any atom is -0.336 e. The average molecular weight is 217 g/mol. The minimum absolute atomic E-state index is 0.000515. The number of nitrogens with one attached hydrogen (secondary N) is 1. The third kappa shape index (κ3) is 2.28. The monoisotopic (exact) mass is 217 g/mol. The first-order chi connectivity index (χ1) is 7.81. The van der Waals surface area contributed by atoms with Crippen molar-refractivity contribution in [1.29, 1.82) is 0 Å². The molecule has 1 amide bonds. The molecule has 0 aliphatic carbocycles. The molecule has 2 heterocycles. The van der Waals surface area contributed by atoms with Gasteiger partial charge >= 0.3 is 0 Å². The second kappa shape index (κ2) is 4.90. The maximum atomic E-state index is 11.5. The highest BCUT2D eigenvalue weighted by molar-refractivity contribution is 5.87. The number of hydrogen-bond donors (Lipinski definition) is 1. The van der Waals surface area contributed by atoms with E-state index in [1.807, 2.05) is 17.0 Å². The molecule has 0 aromatic carbocycles. The van der Waals surface area contributed by atoms with Gasteiger partial charge in [0, 0.05) is 32.0 Å². The van der Waals surface area contributed by atoms with Crippen molar-refractivity contribution in [2.45, 2.75) is 6.04 Å². The number of rotatable bonds is 2. The lowest BCUT2D eigenvalue weighted by Crippen LogP contribution is -2.47. The minimum atomic E-state index is 0.000515. The standard InChI is InChI=1S/C12H15N3O/c1-2-12(16)15-8-7-14-11(9-15)10-3-5-13-6-4-10/h2-6,11,14H,1,7-9H2. The van der Waals surface area contributed by atoms with Gasteiger partial charge in [-0.1, -0.05) is 6.58 Å². The Balaban J connectivity index is 2.07. The van der Waals surface area contributed by atoms with Crippen LogP contribution in [0.4, 0.5) is 0 Å². The molecular weight excluding hydrogens is 202 g/mol. The van der Waals surface area contributed by atoms with Gasteiger partial charge in [-0.25, -0.2) is 0 Å². The summed E-state index contributed by atoms with van der Waals surface area (Å²) in [6.45, 7) is 5.76. The van der Waals surface area contributed by atoms with Gasteiger partial charge in [0.05, 0.1) is 6.04 Å². The van der Waals surface area contributed by atoms with Crippen LogP contribution in [0, 0.1) is 0 Å². The van der Waals surface area contributed by atoms with Crippen LogP contribution in [0.5, 0.6) is 0 Å². The molecule has 1 aromatic heterocycles. The Morgan fingerprint density at radius 1 is 1.56 bits per heavy atom. The summed E-state index contributed by atoms with van der Waals surface area (Å²) in [4.78, 5) is 17.3. The van der Waals surface area contributed by atoms with Crippen molar-refractivity contribution in [3.63, 3.8) is 0 Å². The topological polar surface area (TPSA) is 45.2 Å². The predicted molar refractivity (Wildman–Crippen MR) is 61.8 cm³/mol. The molecule has 0 spiro atoms. The maximum Gasteiger partial charge on any atom is 0.246 e. The molecule has 1 saturated heterocycles. The molecule has 1 N–H and O–H groups in total. The van der Waals surface area contributed by atoms with Crippen LogP contribution in [0.3, 0.4) is 0 Å². The van der Waals surface area contributed by atoms with Crippen molar-refractivity contribution in [3.05, 3.63) is 42.7 Å². The van der Waals surface area contributed by atoms with Crippen molar-refractivity contribution in [3.8, 4) is 0 Å². The number of hydrogen-bond acceptors (Lipinski definition) is 3. The van der Waals surface area contributed by atoms with Crippen molar-refractivity contribution >= 4 is 5.91 Å². The van der Waals surface area contributed by atoms with Crippen LogP contribution < -0.4 is 5.32 Å². The van der Waals surface area contributed by atoms with Gasteiger partial charge in [0.25, 0.3) is 0 Å². The molecule has 2 rings (SSSR count). The van der Waals surface area contributed by atoms with Crippen molar-refractivity contribution < 1.29 is 4.79 Å². The molecule has 4 nitrogen and oxygen atoms in total. The van der Waals surface area contributed by atoms with Gasteiger partial charge in [-0.2, -0.15) is 0 Å². The third-order valence-electron chi connectivity index (χ3n) is 2.77. The predicted octanol–water partition coefficient (Wildman–Crippen LogP) is 0.740. The van der Waals surface area contributed by atoms with Crippen LogP contribution in [0.25, 0.3) is 0 Å². The summed E-state index contributed by atoms with van der Waals surface area (Å²) in [5.74, 6) is 0.000515.